The Morgan fingerprint density at radius 2 is 1.59 bits per heavy atom. The van der Waals surface area contributed by atoms with Gasteiger partial charge < -0.3 is 4.90 Å². The van der Waals surface area contributed by atoms with Crippen molar-refractivity contribution in [2.75, 3.05) is 39.8 Å². The predicted octanol–water partition coefficient (Wildman–Crippen LogP) is 2.96. The minimum atomic E-state index is -3.86. The number of hydrogen-bond acceptors (Lipinski definition) is 4. The van der Waals surface area contributed by atoms with Gasteiger partial charge in [0.15, 0.2) is 0 Å². The molecule has 9 heteroatoms. The molecule has 1 saturated heterocycles. The normalized spacial score (nSPS) is 15.7. The number of piperazine rings is 1. The Morgan fingerprint density at radius 1 is 1.00 bits per heavy atom. The number of likely N-dealkylation sites (N-methyl/N-ethyl adjacent to an activating group) is 1. The molecule has 2 aromatic carbocycles. The molecule has 0 saturated carbocycles. The molecule has 156 valence electrons. The van der Waals surface area contributed by atoms with Gasteiger partial charge in [0.2, 0.25) is 15.9 Å². The van der Waals surface area contributed by atoms with Gasteiger partial charge in [0.05, 0.1) is 11.4 Å². The highest BCUT2D eigenvalue weighted by Gasteiger charge is 2.27. The summed E-state index contributed by atoms with van der Waals surface area (Å²) in [5, 5.41) is 0.454. The molecule has 2 aromatic rings. The van der Waals surface area contributed by atoms with E-state index in [4.69, 9.17) is 23.2 Å². The first-order valence-electron chi connectivity index (χ1n) is 9.22. The average Bonchev–Trinajstić information content (AvgIpc) is 2.68. The number of benzene rings is 2. The molecule has 0 aliphatic carbocycles. The molecule has 0 spiro atoms. The summed E-state index contributed by atoms with van der Waals surface area (Å²) in [5.74, 6) is -0.219. The van der Waals surface area contributed by atoms with E-state index in [1.807, 2.05) is 18.2 Å². The number of carbonyl (C=O) groups is 1. The van der Waals surface area contributed by atoms with Gasteiger partial charge in [0.25, 0.3) is 0 Å². The largest absolute Gasteiger partial charge is 0.339 e. The minimum absolute atomic E-state index is 0.0296. The number of sulfonamides is 1. The standard InChI is InChI=1S/C20H23Cl2N3O3S/c1-23(29(27,28)19-12-17(21)11-18(22)13-19)15-20(26)25-9-7-24(8-10-25)14-16-5-3-2-4-6-16/h2-6,11-13H,7-10,14-15H2,1H3. The van der Waals surface area contributed by atoms with Gasteiger partial charge in [0, 0.05) is 49.8 Å². The van der Waals surface area contributed by atoms with Crippen LogP contribution in [0.2, 0.25) is 10.0 Å². The summed E-state index contributed by atoms with van der Waals surface area (Å²) >= 11 is 11.8. The zero-order chi connectivity index (χ0) is 21.0. The Kier molecular flexibility index (Phi) is 7.19. The third-order valence-electron chi connectivity index (χ3n) is 4.88. The Hall–Kier alpha value is -1.64. The zero-order valence-corrected chi connectivity index (χ0v) is 18.4. The van der Waals surface area contributed by atoms with Gasteiger partial charge in [-0.2, -0.15) is 4.31 Å². The monoisotopic (exact) mass is 455 g/mol. The van der Waals surface area contributed by atoms with Crippen molar-refractivity contribution in [3.8, 4) is 0 Å². The van der Waals surface area contributed by atoms with Gasteiger partial charge in [-0.25, -0.2) is 8.42 Å². The maximum absolute atomic E-state index is 12.7. The Labute approximate surface area is 181 Å². The van der Waals surface area contributed by atoms with Crippen LogP contribution in [0.4, 0.5) is 0 Å². The summed E-state index contributed by atoms with van der Waals surface area (Å²) < 4.78 is 26.5. The summed E-state index contributed by atoms with van der Waals surface area (Å²) in [6.07, 6.45) is 0. The van der Waals surface area contributed by atoms with Crippen molar-refractivity contribution in [2.45, 2.75) is 11.4 Å². The lowest BCUT2D eigenvalue weighted by molar-refractivity contribution is -0.133. The molecule has 1 heterocycles. The van der Waals surface area contributed by atoms with Gasteiger partial charge in [-0.1, -0.05) is 53.5 Å². The van der Waals surface area contributed by atoms with E-state index in [0.717, 1.165) is 23.9 Å². The van der Waals surface area contributed by atoms with Crippen LogP contribution in [0, 0.1) is 0 Å². The summed E-state index contributed by atoms with van der Waals surface area (Å²) in [4.78, 5) is 16.6. The molecular formula is C20H23Cl2N3O3S. The molecule has 1 amide bonds. The van der Waals surface area contributed by atoms with E-state index >= 15 is 0 Å². The number of halogens is 2. The SMILES string of the molecule is CN(CC(=O)N1CCN(Cc2ccccc2)CC1)S(=O)(=O)c1cc(Cl)cc(Cl)c1. The van der Waals surface area contributed by atoms with Crippen molar-refractivity contribution in [1.82, 2.24) is 14.1 Å². The Morgan fingerprint density at radius 3 is 2.17 bits per heavy atom. The van der Waals surface area contributed by atoms with Crippen LogP contribution < -0.4 is 0 Å². The van der Waals surface area contributed by atoms with E-state index in [2.05, 4.69) is 17.0 Å². The first-order chi connectivity index (χ1) is 13.8. The summed E-state index contributed by atoms with van der Waals surface area (Å²) in [7, 11) is -2.48. The van der Waals surface area contributed by atoms with E-state index in [9.17, 15) is 13.2 Å². The van der Waals surface area contributed by atoms with E-state index in [-0.39, 0.29) is 27.4 Å². The van der Waals surface area contributed by atoms with Gasteiger partial charge in [0.1, 0.15) is 0 Å². The fourth-order valence-electron chi connectivity index (χ4n) is 3.23. The molecule has 1 aliphatic heterocycles. The molecule has 1 aliphatic rings. The lowest BCUT2D eigenvalue weighted by Gasteiger charge is -2.35. The third kappa shape index (κ3) is 5.71. The quantitative estimate of drug-likeness (QED) is 0.671. The molecular weight excluding hydrogens is 433 g/mol. The van der Waals surface area contributed by atoms with Crippen LogP contribution in [0.1, 0.15) is 5.56 Å². The molecule has 0 unspecified atom stereocenters. The van der Waals surface area contributed by atoms with Crippen LogP contribution >= 0.6 is 23.2 Å². The molecule has 0 radical (unpaired) electrons. The second-order valence-corrected chi connectivity index (χ2v) is 9.93. The van der Waals surface area contributed by atoms with E-state index in [0.29, 0.717) is 13.1 Å². The maximum atomic E-state index is 12.7. The predicted molar refractivity (Wildman–Crippen MR) is 115 cm³/mol. The molecule has 0 bridgehead atoms. The van der Waals surface area contributed by atoms with Crippen LogP contribution in [0.3, 0.4) is 0 Å². The molecule has 0 N–H and O–H groups in total. The van der Waals surface area contributed by atoms with Gasteiger partial charge >= 0.3 is 0 Å². The smallest absolute Gasteiger partial charge is 0.243 e. The van der Waals surface area contributed by atoms with Crippen molar-refractivity contribution in [2.24, 2.45) is 0 Å². The van der Waals surface area contributed by atoms with Crippen molar-refractivity contribution in [3.05, 3.63) is 64.1 Å². The molecule has 0 aromatic heterocycles. The second kappa shape index (κ2) is 9.45. The van der Waals surface area contributed by atoms with Crippen molar-refractivity contribution >= 4 is 39.1 Å². The fourth-order valence-corrected chi connectivity index (χ4v) is 5.08. The highest BCUT2D eigenvalue weighted by atomic mass is 35.5. The van der Waals surface area contributed by atoms with Gasteiger partial charge in [-0.15, -0.1) is 0 Å². The van der Waals surface area contributed by atoms with Gasteiger partial charge in [-0.05, 0) is 23.8 Å². The summed E-state index contributed by atoms with van der Waals surface area (Å²) in [6.45, 7) is 3.25. The molecule has 0 atom stereocenters. The van der Waals surface area contributed by atoms with Crippen LogP contribution in [-0.4, -0.2) is 68.2 Å². The number of nitrogens with zero attached hydrogens (tertiary/aromatic N) is 3. The first kappa shape index (κ1) is 22.1. The van der Waals surface area contributed by atoms with E-state index in [1.165, 1.54) is 30.8 Å². The van der Waals surface area contributed by atoms with E-state index in [1.54, 1.807) is 4.90 Å². The van der Waals surface area contributed by atoms with Gasteiger partial charge in [-0.3, -0.25) is 9.69 Å². The zero-order valence-electron chi connectivity index (χ0n) is 16.1. The highest BCUT2D eigenvalue weighted by molar-refractivity contribution is 7.89. The lowest BCUT2D eigenvalue weighted by Crippen LogP contribution is -2.51. The van der Waals surface area contributed by atoms with Crippen LogP contribution in [0.25, 0.3) is 0 Å². The van der Waals surface area contributed by atoms with Crippen LogP contribution in [0.15, 0.2) is 53.4 Å². The van der Waals surface area contributed by atoms with E-state index < -0.39 is 10.0 Å². The topological polar surface area (TPSA) is 60.9 Å². The summed E-state index contributed by atoms with van der Waals surface area (Å²) in [6, 6.07) is 14.3. The Bertz CT molecular complexity index is 942. The van der Waals surface area contributed by atoms with Crippen LogP contribution in [0.5, 0.6) is 0 Å². The maximum Gasteiger partial charge on any atom is 0.243 e. The minimum Gasteiger partial charge on any atom is -0.339 e. The average molecular weight is 456 g/mol. The first-order valence-corrected chi connectivity index (χ1v) is 11.4. The van der Waals surface area contributed by atoms with Crippen molar-refractivity contribution < 1.29 is 13.2 Å². The second-order valence-electron chi connectivity index (χ2n) is 7.01. The lowest BCUT2D eigenvalue weighted by atomic mass is 10.2. The number of carbonyl (C=O) groups excluding carboxylic acids is 1. The molecule has 29 heavy (non-hydrogen) atoms. The summed E-state index contributed by atoms with van der Waals surface area (Å²) in [5.41, 5.74) is 1.23. The third-order valence-corrected chi connectivity index (χ3v) is 7.09. The van der Waals surface area contributed by atoms with Crippen molar-refractivity contribution in [3.63, 3.8) is 0 Å². The Balaban J connectivity index is 1.56. The number of hydrogen-bond donors (Lipinski definition) is 0. The van der Waals surface area contributed by atoms with Crippen LogP contribution in [-0.2, 0) is 21.4 Å². The number of rotatable bonds is 6. The fraction of sp³-hybridized carbons (Fsp3) is 0.350. The molecule has 3 rings (SSSR count). The highest BCUT2D eigenvalue weighted by Crippen LogP contribution is 2.24. The molecule has 1 fully saturated rings. The van der Waals surface area contributed by atoms with Crippen molar-refractivity contribution in [1.29, 1.82) is 0 Å². The number of amides is 1. The molecule has 6 nitrogen and oxygen atoms in total.